The standard InChI is InChI=1S/C15H27N5O/c1-15(2,3)14-17-12(18-19-14)13(21)16-9-10-20(4)11-7-5-6-8-11/h11H,5-10H2,1-4H3,(H,16,21)(H,17,18,19). The minimum atomic E-state index is -0.207. The summed E-state index contributed by atoms with van der Waals surface area (Å²) in [6, 6.07) is 0.679. The molecule has 0 aliphatic heterocycles. The van der Waals surface area contributed by atoms with Gasteiger partial charge in [-0.1, -0.05) is 33.6 Å². The van der Waals surface area contributed by atoms with Gasteiger partial charge < -0.3 is 10.2 Å². The minimum Gasteiger partial charge on any atom is -0.348 e. The van der Waals surface area contributed by atoms with E-state index < -0.39 is 0 Å². The molecule has 118 valence electrons. The molecule has 1 fully saturated rings. The van der Waals surface area contributed by atoms with Crippen LogP contribution in [0.2, 0.25) is 0 Å². The van der Waals surface area contributed by atoms with Gasteiger partial charge in [-0.15, -0.1) is 5.10 Å². The Balaban J connectivity index is 1.78. The first-order valence-electron chi connectivity index (χ1n) is 7.79. The van der Waals surface area contributed by atoms with E-state index in [2.05, 4.69) is 32.4 Å². The lowest BCUT2D eigenvalue weighted by atomic mass is 9.96. The number of aromatic amines is 1. The Hall–Kier alpha value is -1.43. The van der Waals surface area contributed by atoms with Crippen molar-refractivity contribution >= 4 is 5.91 Å². The van der Waals surface area contributed by atoms with Crippen LogP contribution < -0.4 is 5.32 Å². The molecule has 1 saturated carbocycles. The van der Waals surface area contributed by atoms with Crippen LogP contribution in [0.25, 0.3) is 0 Å². The first-order valence-corrected chi connectivity index (χ1v) is 7.79. The van der Waals surface area contributed by atoms with Gasteiger partial charge in [-0.2, -0.15) is 0 Å². The van der Waals surface area contributed by atoms with Crippen LogP contribution in [0.15, 0.2) is 0 Å². The molecule has 1 aliphatic rings. The van der Waals surface area contributed by atoms with E-state index in [0.717, 1.165) is 12.4 Å². The highest BCUT2D eigenvalue weighted by Gasteiger charge is 2.22. The highest BCUT2D eigenvalue weighted by Crippen LogP contribution is 2.21. The third kappa shape index (κ3) is 4.27. The molecule has 0 spiro atoms. The summed E-state index contributed by atoms with van der Waals surface area (Å²) in [4.78, 5) is 18.6. The number of nitrogens with zero attached hydrogens (tertiary/aromatic N) is 3. The second kappa shape index (κ2) is 6.56. The van der Waals surface area contributed by atoms with Gasteiger partial charge in [-0.3, -0.25) is 9.89 Å². The number of nitrogens with one attached hydrogen (secondary N) is 2. The van der Waals surface area contributed by atoms with Gasteiger partial charge in [-0.25, -0.2) is 4.98 Å². The summed E-state index contributed by atoms with van der Waals surface area (Å²) in [6.07, 6.45) is 5.21. The van der Waals surface area contributed by atoms with Gasteiger partial charge in [0.05, 0.1) is 0 Å². The molecule has 21 heavy (non-hydrogen) atoms. The maximum Gasteiger partial charge on any atom is 0.291 e. The molecule has 1 aromatic rings. The molecule has 0 radical (unpaired) electrons. The summed E-state index contributed by atoms with van der Waals surface area (Å²) in [5.41, 5.74) is -0.131. The second-order valence-corrected chi connectivity index (χ2v) is 6.93. The van der Waals surface area contributed by atoms with Crippen LogP contribution in [-0.4, -0.2) is 52.2 Å². The van der Waals surface area contributed by atoms with E-state index in [1.807, 2.05) is 20.8 Å². The zero-order valence-corrected chi connectivity index (χ0v) is 13.6. The van der Waals surface area contributed by atoms with Crippen LogP contribution in [0.3, 0.4) is 0 Å². The van der Waals surface area contributed by atoms with E-state index in [1.54, 1.807) is 0 Å². The van der Waals surface area contributed by atoms with Crippen molar-refractivity contribution < 1.29 is 4.79 Å². The zero-order chi connectivity index (χ0) is 15.5. The molecule has 0 saturated heterocycles. The lowest BCUT2D eigenvalue weighted by Crippen LogP contribution is -2.37. The monoisotopic (exact) mass is 293 g/mol. The summed E-state index contributed by atoms with van der Waals surface area (Å²) in [5.74, 6) is 0.751. The molecule has 2 rings (SSSR count). The molecule has 0 aromatic carbocycles. The molecule has 0 unspecified atom stereocenters. The molecule has 6 heteroatoms. The molecule has 2 N–H and O–H groups in total. The number of likely N-dealkylation sites (N-methyl/N-ethyl adjacent to an activating group) is 1. The van der Waals surface area contributed by atoms with Crippen molar-refractivity contribution in [3.63, 3.8) is 0 Å². The normalized spacial score (nSPS) is 16.6. The third-order valence-corrected chi connectivity index (χ3v) is 4.10. The van der Waals surface area contributed by atoms with Gasteiger partial charge in [0.1, 0.15) is 5.82 Å². The van der Waals surface area contributed by atoms with Crippen LogP contribution in [0.5, 0.6) is 0 Å². The van der Waals surface area contributed by atoms with Gasteiger partial charge in [-0.05, 0) is 19.9 Å². The Morgan fingerprint density at radius 1 is 1.38 bits per heavy atom. The van der Waals surface area contributed by atoms with Crippen molar-refractivity contribution in [2.75, 3.05) is 20.1 Å². The number of carbonyl (C=O) groups is 1. The summed E-state index contributed by atoms with van der Waals surface area (Å²) >= 11 is 0. The van der Waals surface area contributed by atoms with Crippen LogP contribution in [0.1, 0.15) is 62.9 Å². The van der Waals surface area contributed by atoms with Crippen LogP contribution in [-0.2, 0) is 5.41 Å². The Morgan fingerprint density at radius 2 is 2.05 bits per heavy atom. The Morgan fingerprint density at radius 3 is 2.62 bits per heavy atom. The average Bonchev–Trinajstić information content (AvgIpc) is 3.09. The van der Waals surface area contributed by atoms with Crippen molar-refractivity contribution in [1.82, 2.24) is 25.4 Å². The molecule has 0 bridgehead atoms. The number of rotatable bonds is 5. The van der Waals surface area contributed by atoms with Crippen molar-refractivity contribution in [3.8, 4) is 0 Å². The number of hydrogen-bond donors (Lipinski definition) is 2. The van der Waals surface area contributed by atoms with E-state index in [1.165, 1.54) is 25.7 Å². The number of carbonyl (C=O) groups excluding carboxylic acids is 1. The number of hydrogen-bond acceptors (Lipinski definition) is 4. The Kier molecular flexibility index (Phi) is 4.98. The molecule has 0 atom stereocenters. The second-order valence-electron chi connectivity index (χ2n) is 6.93. The van der Waals surface area contributed by atoms with Gasteiger partial charge in [0.2, 0.25) is 5.82 Å². The predicted octanol–water partition coefficient (Wildman–Crippen LogP) is 1.71. The summed E-state index contributed by atoms with van der Waals surface area (Å²) in [6.45, 7) is 7.60. The maximum atomic E-state index is 12.0. The average molecular weight is 293 g/mol. The molecule has 1 heterocycles. The van der Waals surface area contributed by atoms with Gasteiger partial charge in [0, 0.05) is 24.5 Å². The fourth-order valence-electron chi connectivity index (χ4n) is 2.65. The summed E-state index contributed by atoms with van der Waals surface area (Å²) < 4.78 is 0. The molecular weight excluding hydrogens is 266 g/mol. The van der Waals surface area contributed by atoms with E-state index in [0.29, 0.717) is 12.6 Å². The number of aromatic nitrogens is 3. The van der Waals surface area contributed by atoms with Crippen molar-refractivity contribution in [3.05, 3.63) is 11.6 Å². The highest BCUT2D eigenvalue weighted by atomic mass is 16.2. The fourth-order valence-corrected chi connectivity index (χ4v) is 2.65. The lowest BCUT2D eigenvalue weighted by molar-refractivity contribution is 0.0937. The fraction of sp³-hybridized carbons (Fsp3) is 0.800. The molecule has 1 aromatic heterocycles. The van der Waals surface area contributed by atoms with Crippen LogP contribution in [0, 0.1) is 0 Å². The van der Waals surface area contributed by atoms with Crippen molar-refractivity contribution in [2.24, 2.45) is 0 Å². The number of amides is 1. The highest BCUT2D eigenvalue weighted by molar-refractivity contribution is 5.90. The number of H-pyrrole nitrogens is 1. The van der Waals surface area contributed by atoms with Gasteiger partial charge in [0.15, 0.2) is 0 Å². The minimum absolute atomic E-state index is 0.131. The van der Waals surface area contributed by atoms with E-state index in [-0.39, 0.29) is 17.1 Å². The molecule has 1 aliphatic carbocycles. The summed E-state index contributed by atoms with van der Waals surface area (Å²) in [5, 5.41) is 9.73. The molecule has 1 amide bonds. The molecular formula is C15H27N5O. The first-order chi connectivity index (χ1) is 9.88. The third-order valence-electron chi connectivity index (χ3n) is 4.10. The van der Waals surface area contributed by atoms with Crippen molar-refractivity contribution in [1.29, 1.82) is 0 Å². The van der Waals surface area contributed by atoms with Crippen molar-refractivity contribution in [2.45, 2.75) is 57.9 Å². The predicted molar refractivity (Wildman–Crippen MR) is 82.3 cm³/mol. The lowest BCUT2D eigenvalue weighted by Gasteiger charge is -2.23. The quantitative estimate of drug-likeness (QED) is 0.866. The smallest absolute Gasteiger partial charge is 0.291 e. The van der Waals surface area contributed by atoms with E-state index in [9.17, 15) is 4.79 Å². The Labute approximate surface area is 126 Å². The largest absolute Gasteiger partial charge is 0.348 e. The first kappa shape index (κ1) is 15.9. The maximum absolute atomic E-state index is 12.0. The van der Waals surface area contributed by atoms with E-state index >= 15 is 0 Å². The molecule has 6 nitrogen and oxygen atoms in total. The Bertz CT molecular complexity index is 471. The SMILES string of the molecule is CN(CCNC(=O)c1n[nH]c(C(C)(C)C)n1)C1CCCC1. The van der Waals surface area contributed by atoms with Gasteiger partial charge in [0.25, 0.3) is 5.91 Å². The zero-order valence-electron chi connectivity index (χ0n) is 13.6. The topological polar surface area (TPSA) is 73.9 Å². The van der Waals surface area contributed by atoms with Gasteiger partial charge >= 0.3 is 0 Å². The summed E-state index contributed by atoms with van der Waals surface area (Å²) in [7, 11) is 2.13. The van der Waals surface area contributed by atoms with Crippen LogP contribution in [0.4, 0.5) is 0 Å². The van der Waals surface area contributed by atoms with E-state index in [4.69, 9.17) is 0 Å². The van der Waals surface area contributed by atoms with Crippen LogP contribution >= 0.6 is 0 Å².